The van der Waals surface area contributed by atoms with Crippen LogP contribution in [0.2, 0.25) is 0 Å². The zero-order valence-electron chi connectivity index (χ0n) is 7.44. The van der Waals surface area contributed by atoms with E-state index in [1.807, 2.05) is 12.1 Å². The van der Waals surface area contributed by atoms with Crippen LogP contribution in [-0.4, -0.2) is 12.3 Å². The molecule has 0 atom stereocenters. The zero-order chi connectivity index (χ0) is 10.1. The SMILES string of the molecule is O=C1CCCNc2c(Br)cc(Br)cc21. The molecule has 1 heterocycles. The number of halogens is 2. The predicted molar refractivity (Wildman–Crippen MR) is 63.9 cm³/mol. The highest BCUT2D eigenvalue weighted by atomic mass is 79.9. The molecule has 0 bridgehead atoms. The molecule has 1 aromatic carbocycles. The molecular weight excluding hydrogens is 310 g/mol. The number of carbonyl (C=O) groups is 1. The maximum Gasteiger partial charge on any atom is 0.165 e. The summed E-state index contributed by atoms with van der Waals surface area (Å²) in [6.45, 7) is 0.860. The van der Waals surface area contributed by atoms with E-state index in [-0.39, 0.29) is 5.78 Å². The van der Waals surface area contributed by atoms with Crippen molar-refractivity contribution in [2.45, 2.75) is 12.8 Å². The molecule has 1 N–H and O–H groups in total. The Morgan fingerprint density at radius 3 is 2.86 bits per heavy atom. The van der Waals surface area contributed by atoms with Gasteiger partial charge in [-0.3, -0.25) is 4.79 Å². The van der Waals surface area contributed by atoms with E-state index in [0.717, 1.165) is 33.2 Å². The van der Waals surface area contributed by atoms with E-state index in [1.165, 1.54) is 0 Å². The quantitative estimate of drug-likeness (QED) is 0.792. The number of fused-ring (bicyclic) bond motifs is 1. The topological polar surface area (TPSA) is 29.1 Å². The third-order valence-corrected chi connectivity index (χ3v) is 3.32. The van der Waals surface area contributed by atoms with E-state index >= 15 is 0 Å². The molecule has 2 nitrogen and oxygen atoms in total. The van der Waals surface area contributed by atoms with Crippen LogP contribution in [0.25, 0.3) is 0 Å². The second-order valence-corrected chi connectivity index (χ2v) is 5.03. The third kappa shape index (κ3) is 1.86. The summed E-state index contributed by atoms with van der Waals surface area (Å²) in [7, 11) is 0. The van der Waals surface area contributed by atoms with Gasteiger partial charge in [0.05, 0.1) is 5.69 Å². The highest BCUT2D eigenvalue weighted by Crippen LogP contribution is 2.33. The van der Waals surface area contributed by atoms with Crippen molar-refractivity contribution in [3.63, 3.8) is 0 Å². The molecule has 2 rings (SSSR count). The first-order valence-corrected chi connectivity index (χ1v) is 6.03. The Labute approximate surface area is 99.3 Å². The summed E-state index contributed by atoms with van der Waals surface area (Å²) in [6, 6.07) is 3.82. The maximum atomic E-state index is 11.7. The van der Waals surface area contributed by atoms with Gasteiger partial charge in [-0.2, -0.15) is 0 Å². The molecule has 4 heteroatoms. The van der Waals surface area contributed by atoms with Crippen LogP contribution in [0.5, 0.6) is 0 Å². The summed E-state index contributed by atoms with van der Waals surface area (Å²) >= 11 is 6.83. The molecule has 14 heavy (non-hydrogen) atoms. The second kappa shape index (κ2) is 4.03. The van der Waals surface area contributed by atoms with Crippen LogP contribution < -0.4 is 5.32 Å². The minimum Gasteiger partial charge on any atom is -0.384 e. The summed E-state index contributed by atoms with van der Waals surface area (Å²) in [5.41, 5.74) is 1.71. The lowest BCUT2D eigenvalue weighted by molar-refractivity contribution is 0.0983. The summed E-state index contributed by atoms with van der Waals surface area (Å²) in [6.07, 6.45) is 1.53. The Balaban J connectivity index is 2.58. The van der Waals surface area contributed by atoms with E-state index in [9.17, 15) is 4.79 Å². The Kier molecular flexibility index (Phi) is 2.93. The van der Waals surface area contributed by atoms with Crippen LogP contribution >= 0.6 is 31.9 Å². The van der Waals surface area contributed by atoms with Crippen molar-refractivity contribution in [1.82, 2.24) is 0 Å². The summed E-state index contributed by atoms with van der Waals surface area (Å²) in [5.74, 6) is 0.215. The minimum atomic E-state index is 0.215. The van der Waals surface area contributed by atoms with Gasteiger partial charge in [-0.1, -0.05) is 15.9 Å². The van der Waals surface area contributed by atoms with Gasteiger partial charge in [0, 0.05) is 27.5 Å². The summed E-state index contributed by atoms with van der Waals surface area (Å²) in [4.78, 5) is 11.7. The molecule has 1 aromatic rings. The number of nitrogens with one attached hydrogen (secondary N) is 1. The van der Waals surface area contributed by atoms with E-state index in [4.69, 9.17) is 0 Å². The molecule has 0 amide bonds. The highest BCUT2D eigenvalue weighted by Gasteiger charge is 2.17. The van der Waals surface area contributed by atoms with Crippen LogP contribution in [0.4, 0.5) is 5.69 Å². The van der Waals surface area contributed by atoms with E-state index in [0.29, 0.717) is 6.42 Å². The van der Waals surface area contributed by atoms with Crippen molar-refractivity contribution >= 4 is 43.3 Å². The van der Waals surface area contributed by atoms with Crippen molar-refractivity contribution in [3.8, 4) is 0 Å². The van der Waals surface area contributed by atoms with Gasteiger partial charge in [0.25, 0.3) is 0 Å². The molecule has 0 radical (unpaired) electrons. The lowest BCUT2D eigenvalue weighted by Gasteiger charge is -2.09. The Morgan fingerprint density at radius 2 is 2.07 bits per heavy atom. The lowest BCUT2D eigenvalue weighted by Crippen LogP contribution is -2.01. The number of hydrogen-bond donors (Lipinski definition) is 1. The molecule has 1 aliphatic rings. The first kappa shape index (κ1) is 10.2. The number of carbonyl (C=O) groups excluding carboxylic acids is 1. The molecule has 0 spiro atoms. The van der Waals surface area contributed by atoms with Crippen LogP contribution in [0.1, 0.15) is 23.2 Å². The summed E-state index contributed by atoms with van der Waals surface area (Å²) in [5, 5.41) is 3.26. The van der Waals surface area contributed by atoms with Gasteiger partial charge in [-0.25, -0.2) is 0 Å². The minimum absolute atomic E-state index is 0.215. The third-order valence-electron chi connectivity index (χ3n) is 2.24. The van der Waals surface area contributed by atoms with Crippen LogP contribution in [0, 0.1) is 0 Å². The fourth-order valence-corrected chi connectivity index (χ4v) is 2.94. The number of benzene rings is 1. The number of anilines is 1. The Hall–Kier alpha value is -0.350. The molecule has 0 unspecified atom stereocenters. The fraction of sp³-hybridized carbons (Fsp3) is 0.300. The van der Waals surface area contributed by atoms with E-state index in [2.05, 4.69) is 37.2 Å². The molecule has 0 aromatic heterocycles. The Bertz CT molecular complexity index is 390. The lowest BCUT2D eigenvalue weighted by atomic mass is 10.1. The van der Waals surface area contributed by atoms with Crippen LogP contribution in [-0.2, 0) is 0 Å². The smallest absolute Gasteiger partial charge is 0.165 e. The zero-order valence-corrected chi connectivity index (χ0v) is 10.6. The monoisotopic (exact) mass is 317 g/mol. The van der Waals surface area contributed by atoms with Gasteiger partial charge < -0.3 is 5.32 Å². The second-order valence-electron chi connectivity index (χ2n) is 3.26. The fourth-order valence-electron chi connectivity index (χ4n) is 1.57. The average Bonchev–Trinajstić information content (AvgIpc) is 2.29. The van der Waals surface area contributed by atoms with Crippen molar-refractivity contribution in [1.29, 1.82) is 0 Å². The van der Waals surface area contributed by atoms with Gasteiger partial charge in [-0.05, 0) is 34.5 Å². The summed E-state index contributed by atoms with van der Waals surface area (Å²) < 4.78 is 1.87. The molecular formula is C10H9Br2NO. The molecule has 0 saturated heterocycles. The van der Waals surface area contributed by atoms with Gasteiger partial charge in [0.2, 0.25) is 0 Å². The number of rotatable bonds is 0. The molecule has 0 fully saturated rings. The molecule has 0 saturated carbocycles. The van der Waals surface area contributed by atoms with Crippen LogP contribution in [0.3, 0.4) is 0 Å². The molecule has 74 valence electrons. The van der Waals surface area contributed by atoms with Gasteiger partial charge in [-0.15, -0.1) is 0 Å². The van der Waals surface area contributed by atoms with Crippen LogP contribution in [0.15, 0.2) is 21.1 Å². The first-order valence-electron chi connectivity index (χ1n) is 4.44. The first-order chi connectivity index (χ1) is 6.68. The number of hydrogen-bond acceptors (Lipinski definition) is 2. The van der Waals surface area contributed by atoms with E-state index < -0.39 is 0 Å². The Morgan fingerprint density at radius 1 is 1.29 bits per heavy atom. The van der Waals surface area contributed by atoms with Crippen molar-refractivity contribution in [2.75, 3.05) is 11.9 Å². The predicted octanol–water partition coefficient (Wildman–Crippen LogP) is 3.60. The number of Topliss-reactive ketones (excluding diaryl/α,β-unsaturated/α-hetero) is 1. The molecule has 1 aliphatic heterocycles. The van der Waals surface area contributed by atoms with Crippen molar-refractivity contribution < 1.29 is 4.79 Å². The van der Waals surface area contributed by atoms with Gasteiger partial charge >= 0.3 is 0 Å². The standard InChI is InChI=1S/C10H9Br2NO/c11-6-4-7-9(14)2-1-3-13-10(7)8(12)5-6/h4-5,13H,1-3H2. The normalized spacial score (nSPS) is 15.7. The van der Waals surface area contributed by atoms with Crippen molar-refractivity contribution in [2.24, 2.45) is 0 Å². The highest BCUT2D eigenvalue weighted by molar-refractivity contribution is 9.11. The van der Waals surface area contributed by atoms with Gasteiger partial charge in [0.1, 0.15) is 0 Å². The molecule has 0 aliphatic carbocycles. The van der Waals surface area contributed by atoms with Gasteiger partial charge in [0.15, 0.2) is 5.78 Å². The largest absolute Gasteiger partial charge is 0.384 e. The average molecular weight is 319 g/mol. The van der Waals surface area contributed by atoms with Crippen molar-refractivity contribution in [3.05, 3.63) is 26.6 Å². The maximum absolute atomic E-state index is 11.7. The number of ketones is 1. The van der Waals surface area contributed by atoms with E-state index in [1.54, 1.807) is 0 Å².